The molecule has 9 heteroatoms. The molecule has 0 radical (unpaired) electrons. The highest BCUT2D eigenvalue weighted by molar-refractivity contribution is 7.99. The minimum Gasteiger partial charge on any atom is -0.497 e. The van der Waals surface area contributed by atoms with Crippen molar-refractivity contribution in [3.05, 3.63) is 89.2 Å². The summed E-state index contributed by atoms with van der Waals surface area (Å²) in [5, 5.41) is 16.3. The molecule has 0 fully saturated rings. The molecule has 4 rings (SSSR count). The van der Waals surface area contributed by atoms with Gasteiger partial charge in [-0.05, 0) is 61.5 Å². The molecule has 0 spiro atoms. The van der Waals surface area contributed by atoms with Crippen molar-refractivity contribution in [2.24, 2.45) is 0 Å². The number of benzene rings is 3. The Morgan fingerprint density at radius 3 is 2.50 bits per heavy atom. The molecule has 0 atom stereocenters. The molecule has 0 aliphatic carbocycles. The number of ether oxygens (including phenoxy) is 1. The van der Waals surface area contributed by atoms with E-state index < -0.39 is 0 Å². The number of aromatic nitrogens is 3. The van der Waals surface area contributed by atoms with Gasteiger partial charge in [0, 0.05) is 22.1 Å². The Hall–Kier alpha value is -3.49. The van der Waals surface area contributed by atoms with Crippen molar-refractivity contribution >= 4 is 40.6 Å². The summed E-state index contributed by atoms with van der Waals surface area (Å²) >= 11 is 7.43. The quantitative estimate of drug-likeness (QED) is 0.296. The van der Waals surface area contributed by atoms with E-state index in [1.807, 2.05) is 60.0 Å². The van der Waals surface area contributed by atoms with Gasteiger partial charge in [-0.1, -0.05) is 47.1 Å². The van der Waals surface area contributed by atoms with Crippen LogP contribution >= 0.6 is 23.4 Å². The Bertz CT molecular complexity index is 1260. The lowest BCUT2D eigenvalue weighted by Gasteiger charge is -2.12. The van der Waals surface area contributed by atoms with Crippen molar-refractivity contribution in [1.82, 2.24) is 14.8 Å². The first-order chi connectivity index (χ1) is 16.5. The van der Waals surface area contributed by atoms with Crippen LogP contribution in [-0.4, -0.2) is 33.5 Å². The van der Waals surface area contributed by atoms with E-state index in [-0.39, 0.29) is 11.7 Å². The van der Waals surface area contributed by atoms with Gasteiger partial charge in [-0.3, -0.25) is 9.36 Å². The summed E-state index contributed by atoms with van der Waals surface area (Å²) in [6.07, 6.45) is 0. The summed E-state index contributed by atoms with van der Waals surface area (Å²) in [7, 11) is 1.60. The third-order valence-electron chi connectivity index (χ3n) is 4.97. The van der Waals surface area contributed by atoms with E-state index in [0.29, 0.717) is 22.4 Å². The van der Waals surface area contributed by atoms with E-state index in [9.17, 15) is 4.79 Å². The van der Waals surface area contributed by atoms with Crippen LogP contribution in [-0.2, 0) is 11.3 Å². The fourth-order valence-electron chi connectivity index (χ4n) is 3.24. The third kappa shape index (κ3) is 6.09. The van der Waals surface area contributed by atoms with Crippen LogP contribution in [0.4, 0.5) is 11.4 Å². The number of hydrogen-bond acceptors (Lipinski definition) is 6. The Morgan fingerprint density at radius 2 is 1.79 bits per heavy atom. The number of rotatable bonds is 9. The smallest absolute Gasteiger partial charge is 0.234 e. The number of aryl methyl sites for hydroxylation is 1. The first-order valence-electron chi connectivity index (χ1n) is 10.6. The van der Waals surface area contributed by atoms with E-state index in [1.165, 1.54) is 11.8 Å². The van der Waals surface area contributed by atoms with Crippen LogP contribution in [0.25, 0.3) is 5.69 Å². The maximum atomic E-state index is 12.5. The number of amides is 1. The molecule has 174 valence electrons. The Balaban J connectivity index is 1.49. The van der Waals surface area contributed by atoms with Gasteiger partial charge in [-0.15, -0.1) is 10.2 Å². The predicted molar refractivity (Wildman–Crippen MR) is 137 cm³/mol. The van der Waals surface area contributed by atoms with Crippen LogP contribution in [0.2, 0.25) is 5.02 Å². The number of nitrogens with zero attached hydrogens (tertiary/aromatic N) is 3. The summed E-state index contributed by atoms with van der Waals surface area (Å²) in [6.45, 7) is 2.48. The highest BCUT2D eigenvalue weighted by Crippen LogP contribution is 2.24. The van der Waals surface area contributed by atoms with Crippen LogP contribution in [0.3, 0.4) is 0 Å². The van der Waals surface area contributed by atoms with Gasteiger partial charge in [0.1, 0.15) is 5.75 Å². The lowest BCUT2D eigenvalue weighted by molar-refractivity contribution is -0.113. The van der Waals surface area contributed by atoms with Gasteiger partial charge in [-0.25, -0.2) is 0 Å². The molecule has 4 aromatic rings. The molecule has 0 unspecified atom stereocenters. The first-order valence-corrected chi connectivity index (χ1v) is 12.0. The molecule has 1 amide bonds. The summed E-state index contributed by atoms with van der Waals surface area (Å²) in [5.74, 6) is 1.52. The zero-order chi connectivity index (χ0) is 23.9. The fraction of sp³-hybridized carbons (Fsp3) is 0.160. The van der Waals surface area contributed by atoms with Gasteiger partial charge in [0.25, 0.3) is 0 Å². The van der Waals surface area contributed by atoms with E-state index in [2.05, 4.69) is 20.8 Å². The van der Waals surface area contributed by atoms with Crippen molar-refractivity contribution in [3.63, 3.8) is 0 Å². The third-order valence-corrected chi connectivity index (χ3v) is 6.14. The molecule has 2 N–H and O–H groups in total. The maximum absolute atomic E-state index is 12.5. The van der Waals surface area contributed by atoms with Gasteiger partial charge >= 0.3 is 0 Å². The lowest BCUT2D eigenvalue weighted by Crippen LogP contribution is -2.15. The van der Waals surface area contributed by atoms with Crippen molar-refractivity contribution < 1.29 is 9.53 Å². The monoisotopic (exact) mass is 493 g/mol. The molecular formula is C25H24ClN5O2S. The molecule has 0 saturated heterocycles. The van der Waals surface area contributed by atoms with Crippen molar-refractivity contribution in [2.45, 2.75) is 18.6 Å². The number of anilines is 2. The lowest BCUT2D eigenvalue weighted by atomic mass is 10.2. The maximum Gasteiger partial charge on any atom is 0.234 e. The summed E-state index contributed by atoms with van der Waals surface area (Å²) < 4.78 is 7.11. The molecule has 0 saturated carbocycles. The fourth-order valence-corrected chi connectivity index (χ4v) is 4.20. The van der Waals surface area contributed by atoms with Gasteiger partial charge in [0.2, 0.25) is 5.91 Å². The SMILES string of the molecule is COc1ccc(NC(=O)CSc2nnc(CNc3cccc(Cl)c3)n2-c2ccc(C)cc2)cc1. The van der Waals surface area contributed by atoms with Crippen LogP contribution in [0, 0.1) is 6.92 Å². The number of hydrogen-bond donors (Lipinski definition) is 2. The number of nitrogens with one attached hydrogen (secondary N) is 2. The Kier molecular flexibility index (Phi) is 7.72. The second-order valence-corrected chi connectivity index (χ2v) is 8.88. The normalized spacial score (nSPS) is 10.7. The number of halogens is 1. The Labute approximate surface area is 207 Å². The van der Waals surface area contributed by atoms with Gasteiger partial charge in [-0.2, -0.15) is 0 Å². The second kappa shape index (κ2) is 11.1. The van der Waals surface area contributed by atoms with Gasteiger partial charge in [0.05, 0.1) is 19.4 Å². The number of methoxy groups -OCH3 is 1. The standard InChI is InChI=1S/C25H24ClN5O2S/c1-17-6-10-21(11-7-17)31-23(15-27-20-5-3-4-18(26)14-20)29-30-25(31)34-16-24(32)28-19-8-12-22(33-2)13-9-19/h3-14,27H,15-16H2,1-2H3,(H,28,32). The summed E-state index contributed by atoms with van der Waals surface area (Å²) in [4.78, 5) is 12.5. The number of carbonyl (C=O) groups excluding carboxylic acids is 1. The van der Waals surface area contributed by atoms with E-state index >= 15 is 0 Å². The number of carbonyl (C=O) groups is 1. The molecule has 0 aliphatic heterocycles. The number of thioether (sulfide) groups is 1. The van der Waals surface area contributed by atoms with Crippen LogP contribution < -0.4 is 15.4 Å². The van der Waals surface area contributed by atoms with Crippen LogP contribution in [0.5, 0.6) is 5.75 Å². The summed E-state index contributed by atoms with van der Waals surface area (Å²) in [5.41, 5.74) is 3.68. The van der Waals surface area contributed by atoms with Gasteiger partial charge in [0.15, 0.2) is 11.0 Å². The first kappa shape index (κ1) is 23.7. The zero-order valence-corrected chi connectivity index (χ0v) is 20.4. The topological polar surface area (TPSA) is 81.1 Å². The van der Waals surface area contributed by atoms with E-state index in [4.69, 9.17) is 16.3 Å². The molecule has 3 aromatic carbocycles. The molecule has 0 bridgehead atoms. The summed E-state index contributed by atoms with van der Waals surface area (Å²) in [6, 6.07) is 22.8. The zero-order valence-electron chi connectivity index (χ0n) is 18.8. The largest absolute Gasteiger partial charge is 0.497 e. The van der Waals surface area contributed by atoms with Gasteiger partial charge < -0.3 is 15.4 Å². The molecule has 1 aromatic heterocycles. The molecule has 7 nitrogen and oxygen atoms in total. The van der Waals surface area contributed by atoms with Crippen molar-refractivity contribution in [2.75, 3.05) is 23.5 Å². The van der Waals surface area contributed by atoms with Crippen LogP contribution in [0.1, 0.15) is 11.4 Å². The van der Waals surface area contributed by atoms with E-state index in [1.54, 1.807) is 31.4 Å². The highest BCUT2D eigenvalue weighted by Gasteiger charge is 2.16. The van der Waals surface area contributed by atoms with E-state index in [0.717, 1.165) is 28.5 Å². The molecule has 0 aliphatic rings. The average Bonchev–Trinajstić information content (AvgIpc) is 3.25. The average molecular weight is 494 g/mol. The minimum absolute atomic E-state index is 0.132. The molecule has 1 heterocycles. The van der Waals surface area contributed by atoms with Crippen molar-refractivity contribution in [3.8, 4) is 11.4 Å². The minimum atomic E-state index is -0.132. The van der Waals surface area contributed by atoms with Crippen molar-refractivity contribution in [1.29, 1.82) is 0 Å². The molecular weight excluding hydrogens is 470 g/mol. The predicted octanol–water partition coefficient (Wildman–Crippen LogP) is 5.58. The van der Waals surface area contributed by atoms with Crippen LogP contribution in [0.15, 0.2) is 78.0 Å². The molecule has 34 heavy (non-hydrogen) atoms. The highest BCUT2D eigenvalue weighted by atomic mass is 35.5. The Morgan fingerprint density at radius 1 is 1.03 bits per heavy atom. The second-order valence-electron chi connectivity index (χ2n) is 7.50.